The minimum atomic E-state index is -0.423. The fourth-order valence-corrected chi connectivity index (χ4v) is 1.88. The van der Waals surface area contributed by atoms with Crippen LogP contribution >= 0.6 is 11.6 Å². The van der Waals surface area contributed by atoms with E-state index in [1.165, 1.54) is 0 Å². The van der Waals surface area contributed by atoms with Gasteiger partial charge in [-0.25, -0.2) is 0 Å². The third-order valence-electron chi connectivity index (χ3n) is 2.92. The molecule has 1 heterocycles. The van der Waals surface area contributed by atoms with Crippen LogP contribution in [0.15, 0.2) is 34.7 Å². The van der Waals surface area contributed by atoms with Crippen molar-refractivity contribution in [2.75, 3.05) is 7.11 Å². The Bertz CT molecular complexity index is 525. The first kappa shape index (κ1) is 14.0. The van der Waals surface area contributed by atoms with E-state index in [4.69, 9.17) is 20.8 Å². The molecule has 2 rings (SSSR count). The van der Waals surface area contributed by atoms with Crippen LogP contribution in [0.2, 0.25) is 0 Å². The summed E-state index contributed by atoms with van der Waals surface area (Å²) >= 11 is 6.32. The zero-order valence-corrected chi connectivity index (χ0v) is 12.0. The van der Waals surface area contributed by atoms with Gasteiger partial charge in [-0.1, -0.05) is 30.3 Å². The SMILES string of the molecule is COC(C)(C)Cc1nnc(C(Cl)c2ccccc2)o1. The Labute approximate surface area is 117 Å². The number of alkyl halides is 1. The van der Waals surface area contributed by atoms with Gasteiger partial charge in [0.25, 0.3) is 0 Å². The predicted molar refractivity (Wildman–Crippen MR) is 73.2 cm³/mol. The summed E-state index contributed by atoms with van der Waals surface area (Å²) in [6, 6.07) is 9.65. The molecule has 0 fully saturated rings. The molecule has 0 N–H and O–H groups in total. The van der Waals surface area contributed by atoms with E-state index in [1.807, 2.05) is 44.2 Å². The molecule has 0 aliphatic carbocycles. The second-order valence-corrected chi connectivity index (χ2v) is 5.38. The number of rotatable bonds is 5. The van der Waals surface area contributed by atoms with Crippen molar-refractivity contribution in [1.82, 2.24) is 10.2 Å². The largest absolute Gasteiger partial charge is 0.423 e. The average molecular weight is 281 g/mol. The molecule has 0 radical (unpaired) electrons. The molecule has 0 aliphatic rings. The fraction of sp³-hybridized carbons (Fsp3) is 0.429. The van der Waals surface area contributed by atoms with E-state index in [2.05, 4.69) is 10.2 Å². The van der Waals surface area contributed by atoms with Crippen molar-refractivity contribution in [2.24, 2.45) is 0 Å². The van der Waals surface area contributed by atoms with E-state index < -0.39 is 5.38 Å². The first-order valence-corrected chi connectivity index (χ1v) is 6.52. The topological polar surface area (TPSA) is 48.2 Å². The van der Waals surface area contributed by atoms with Crippen LogP contribution in [-0.2, 0) is 11.2 Å². The lowest BCUT2D eigenvalue weighted by Crippen LogP contribution is -2.25. The highest BCUT2D eigenvalue weighted by molar-refractivity contribution is 6.22. The van der Waals surface area contributed by atoms with Gasteiger partial charge >= 0.3 is 0 Å². The molecule has 4 nitrogen and oxygen atoms in total. The maximum atomic E-state index is 6.32. The molecule has 0 aliphatic heterocycles. The van der Waals surface area contributed by atoms with Crippen molar-refractivity contribution in [3.05, 3.63) is 47.7 Å². The molecule has 0 saturated carbocycles. The first-order chi connectivity index (χ1) is 9.02. The van der Waals surface area contributed by atoms with Gasteiger partial charge in [-0.3, -0.25) is 0 Å². The molecule has 0 saturated heterocycles. The van der Waals surface area contributed by atoms with Crippen LogP contribution < -0.4 is 0 Å². The molecule has 0 spiro atoms. The van der Waals surface area contributed by atoms with Crippen LogP contribution in [0, 0.1) is 0 Å². The van der Waals surface area contributed by atoms with Gasteiger partial charge in [0.05, 0.1) is 12.0 Å². The average Bonchev–Trinajstić information content (AvgIpc) is 2.86. The number of ether oxygens (including phenoxy) is 1. The number of aromatic nitrogens is 2. The Hall–Kier alpha value is -1.39. The lowest BCUT2D eigenvalue weighted by molar-refractivity contribution is 0.0179. The quantitative estimate of drug-likeness (QED) is 0.788. The lowest BCUT2D eigenvalue weighted by atomic mass is 10.1. The zero-order valence-electron chi connectivity index (χ0n) is 11.3. The Morgan fingerprint density at radius 2 is 1.95 bits per heavy atom. The van der Waals surface area contributed by atoms with Crippen LogP contribution in [0.1, 0.15) is 36.6 Å². The number of nitrogens with zero attached hydrogens (tertiary/aromatic N) is 2. The van der Waals surface area contributed by atoms with Gasteiger partial charge in [0, 0.05) is 7.11 Å². The monoisotopic (exact) mass is 280 g/mol. The van der Waals surface area contributed by atoms with Crippen molar-refractivity contribution in [3.8, 4) is 0 Å². The van der Waals surface area contributed by atoms with Gasteiger partial charge in [0.15, 0.2) is 0 Å². The van der Waals surface area contributed by atoms with Gasteiger partial charge in [0.2, 0.25) is 11.8 Å². The summed E-state index contributed by atoms with van der Waals surface area (Å²) < 4.78 is 10.9. The maximum Gasteiger partial charge on any atom is 0.238 e. The smallest absolute Gasteiger partial charge is 0.238 e. The lowest BCUT2D eigenvalue weighted by Gasteiger charge is -2.20. The molecule has 1 unspecified atom stereocenters. The summed E-state index contributed by atoms with van der Waals surface area (Å²) in [5.41, 5.74) is 0.601. The first-order valence-electron chi connectivity index (χ1n) is 6.08. The van der Waals surface area contributed by atoms with Gasteiger partial charge in [-0.15, -0.1) is 21.8 Å². The fourth-order valence-electron chi connectivity index (χ4n) is 1.64. The minimum Gasteiger partial charge on any atom is -0.423 e. The van der Waals surface area contributed by atoms with Gasteiger partial charge in [0.1, 0.15) is 5.38 Å². The van der Waals surface area contributed by atoms with E-state index in [1.54, 1.807) is 7.11 Å². The highest BCUT2D eigenvalue weighted by Crippen LogP contribution is 2.28. The van der Waals surface area contributed by atoms with E-state index in [9.17, 15) is 0 Å². The number of methoxy groups -OCH3 is 1. The highest BCUT2D eigenvalue weighted by atomic mass is 35.5. The van der Waals surface area contributed by atoms with Crippen LogP contribution in [0.5, 0.6) is 0 Å². The molecule has 0 amide bonds. The van der Waals surface area contributed by atoms with Gasteiger partial charge in [-0.05, 0) is 19.4 Å². The van der Waals surface area contributed by atoms with Gasteiger partial charge < -0.3 is 9.15 Å². The summed E-state index contributed by atoms with van der Waals surface area (Å²) in [7, 11) is 1.66. The summed E-state index contributed by atoms with van der Waals surface area (Å²) in [6.07, 6.45) is 0.550. The van der Waals surface area contributed by atoms with Crippen LogP contribution in [0.3, 0.4) is 0 Å². The standard InChI is InChI=1S/C14H17ClN2O2/c1-14(2,18-3)9-11-16-17-13(19-11)12(15)10-7-5-4-6-8-10/h4-8,12H,9H2,1-3H3. The highest BCUT2D eigenvalue weighted by Gasteiger charge is 2.23. The molecular formula is C14H17ClN2O2. The summed E-state index contributed by atoms with van der Waals surface area (Å²) in [5.74, 6) is 0.943. The van der Waals surface area contributed by atoms with E-state index in [0.717, 1.165) is 5.56 Å². The second kappa shape index (κ2) is 5.72. The number of hydrogen-bond acceptors (Lipinski definition) is 4. The number of hydrogen-bond donors (Lipinski definition) is 0. The van der Waals surface area contributed by atoms with Crippen LogP contribution in [-0.4, -0.2) is 22.9 Å². The maximum absolute atomic E-state index is 6.32. The number of halogens is 1. The van der Waals surface area contributed by atoms with Crippen LogP contribution in [0.4, 0.5) is 0 Å². The molecule has 1 aromatic heterocycles. The molecule has 1 aromatic carbocycles. The molecular weight excluding hydrogens is 264 g/mol. The van der Waals surface area contributed by atoms with Crippen molar-refractivity contribution in [3.63, 3.8) is 0 Å². The molecule has 5 heteroatoms. The third kappa shape index (κ3) is 3.55. The molecule has 2 aromatic rings. The number of benzene rings is 1. The van der Waals surface area contributed by atoms with E-state index in [-0.39, 0.29) is 5.60 Å². The third-order valence-corrected chi connectivity index (χ3v) is 3.36. The Morgan fingerprint density at radius 1 is 1.26 bits per heavy atom. The normalized spacial score (nSPS) is 13.5. The summed E-state index contributed by atoms with van der Waals surface area (Å²) in [5, 5.41) is 7.60. The zero-order chi connectivity index (χ0) is 13.9. The molecule has 102 valence electrons. The molecule has 1 atom stereocenters. The molecule has 0 bridgehead atoms. The summed E-state index contributed by atoms with van der Waals surface area (Å²) in [6.45, 7) is 3.93. The Kier molecular flexibility index (Phi) is 4.22. The van der Waals surface area contributed by atoms with Crippen LogP contribution in [0.25, 0.3) is 0 Å². The van der Waals surface area contributed by atoms with Crippen molar-refractivity contribution in [2.45, 2.75) is 31.2 Å². The van der Waals surface area contributed by atoms with Crippen molar-refractivity contribution >= 4 is 11.6 Å². The second-order valence-electron chi connectivity index (χ2n) is 4.95. The van der Waals surface area contributed by atoms with Gasteiger partial charge in [-0.2, -0.15) is 0 Å². The van der Waals surface area contributed by atoms with E-state index >= 15 is 0 Å². The Morgan fingerprint density at radius 3 is 2.58 bits per heavy atom. The van der Waals surface area contributed by atoms with Crippen molar-refractivity contribution in [1.29, 1.82) is 0 Å². The van der Waals surface area contributed by atoms with E-state index in [0.29, 0.717) is 18.2 Å². The minimum absolute atomic E-state index is 0.335. The Balaban J connectivity index is 2.13. The van der Waals surface area contributed by atoms with Crippen molar-refractivity contribution < 1.29 is 9.15 Å². The predicted octanol–water partition coefficient (Wildman–Crippen LogP) is 3.37. The summed E-state index contributed by atoms with van der Waals surface area (Å²) in [4.78, 5) is 0. The molecule has 19 heavy (non-hydrogen) atoms.